The van der Waals surface area contributed by atoms with Crippen LogP contribution in [0.5, 0.6) is 0 Å². The SMILES string of the molecule is C=CSC(SC=C)SSC. The average molecular weight is 210 g/mol. The molecule has 0 fully saturated rings. The average Bonchev–Trinajstić information content (AvgIpc) is 1.90. The van der Waals surface area contributed by atoms with Crippen LogP contribution < -0.4 is 0 Å². The molecular weight excluding hydrogens is 200 g/mol. The highest BCUT2D eigenvalue weighted by Gasteiger charge is 2.04. The van der Waals surface area contributed by atoms with Crippen LogP contribution in [0.4, 0.5) is 0 Å². The molecule has 0 bridgehead atoms. The fourth-order valence-electron chi connectivity index (χ4n) is 0.313. The van der Waals surface area contributed by atoms with E-state index in [0.717, 1.165) is 0 Å². The van der Waals surface area contributed by atoms with Crippen LogP contribution in [0, 0.1) is 0 Å². The molecule has 0 aliphatic heterocycles. The first-order valence-electron chi connectivity index (χ1n) is 2.57. The molecule has 0 aromatic rings. The highest BCUT2D eigenvalue weighted by Crippen LogP contribution is 2.40. The van der Waals surface area contributed by atoms with Crippen LogP contribution in [0.25, 0.3) is 0 Å². The van der Waals surface area contributed by atoms with Gasteiger partial charge in [-0.15, -0.1) is 23.5 Å². The first kappa shape index (κ1) is 10.9. The van der Waals surface area contributed by atoms with E-state index in [1.807, 2.05) is 21.6 Å². The number of hydrogen-bond donors (Lipinski definition) is 0. The van der Waals surface area contributed by atoms with Crippen LogP contribution in [-0.4, -0.2) is 10.2 Å². The van der Waals surface area contributed by atoms with Gasteiger partial charge in [-0.1, -0.05) is 34.7 Å². The van der Waals surface area contributed by atoms with Gasteiger partial charge in [-0.25, -0.2) is 0 Å². The lowest BCUT2D eigenvalue weighted by Gasteiger charge is -2.07. The van der Waals surface area contributed by atoms with Gasteiger partial charge in [0.1, 0.15) is 3.91 Å². The first-order valence-corrected chi connectivity index (χ1v) is 7.08. The van der Waals surface area contributed by atoms with E-state index >= 15 is 0 Å². The minimum atomic E-state index is 0.505. The summed E-state index contributed by atoms with van der Waals surface area (Å²) in [6.45, 7) is 7.32. The Kier molecular flexibility index (Phi) is 8.68. The Morgan fingerprint density at radius 3 is 2.00 bits per heavy atom. The lowest BCUT2D eigenvalue weighted by Crippen LogP contribution is -1.80. The maximum absolute atomic E-state index is 3.66. The van der Waals surface area contributed by atoms with Gasteiger partial charge in [0.25, 0.3) is 0 Å². The number of rotatable bonds is 6. The normalized spacial score (nSPS) is 9.80. The molecule has 0 saturated heterocycles. The van der Waals surface area contributed by atoms with Crippen molar-refractivity contribution in [3.63, 3.8) is 0 Å². The number of thioether (sulfide) groups is 2. The topological polar surface area (TPSA) is 0 Å². The molecule has 0 radical (unpaired) electrons. The second-order valence-corrected chi connectivity index (χ2v) is 6.78. The monoisotopic (exact) mass is 210 g/mol. The lowest BCUT2D eigenvalue weighted by atomic mass is 11.3. The molecule has 0 aliphatic rings. The number of hydrogen-bond acceptors (Lipinski definition) is 4. The fraction of sp³-hybridized carbons (Fsp3) is 0.333. The summed E-state index contributed by atoms with van der Waals surface area (Å²) in [6, 6.07) is 0. The van der Waals surface area contributed by atoms with Gasteiger partial charge in [-0.3, -0.25) is 0 Å². The van der Waals surface area contributed by atoms with Gasteiger partial charge in [0, 0.05) is 0 Å². The maximum Gasteiger partial charge on any atom is 0.114 e. The van der Waals surface area contributed by atoms with Gasteiger partial charge in [0.2, 0.25) is 0 Å². The van der Waals surface area contributed by atoms with Crippen LogP contribution in [0.15, 0.2) is 24.0 Å². The third-order valence-electron chi connectivity index (χ3n) is 0.589. The lowest BCUT2D eigenvalue weighted by molar-refractivity contribution is 2.10. The Hall–Kier alpha value is 0.880. The predicted octanol–water partition coefficient (Wildman–Crippen LogP) is 4.03. The molecule has 0 amide bonds. The van der Waals surface area contributed by atoms with E-state index in [9.17, 15) is 0 Å². The van der Waals surface area contributed by atoms with Crippen molar-refractivity contribution >= 4 is 45.1 Å². The van der Waals surface area contributed by atoms with Gasteiger partial charge in [0.15, 0.2) is 0 Å². The zero-order valence-electron chi connectivity index (χ0n) is 5.78. The molecular formula is C6H10S4. The van der Waals surface area contributed by atoms with Gasteiger partial charge >= 0.3 is 0 Å². The summed E-state index contributed by atoms with van der Waals surface area (Å²) >= 11 is 3.45. The molecule has 0 aromatic carbocycles. The van der Waals surface area contributed by atoms with Gasteiger partial charge in [0.05, 0.1) is 0 Å². The molecule has 0 heterocycles. The molecule has 4 heteroatoms. The van der Waals surface area contributed by atoms with Crippen LogP contribution in [0.3, 0.4) is 0 Å². The second kappa shape index (κ2) is 7.98. The fourth-order valence-corrected chi connectivity index (χ4v) is 5.05. The van der Waals surface area contributed by atoms with Gasteiger partial charge in [-0.05, 0) is 17.1 Å². The van der Waals surface area contributed by atoms with Crippen molar-refractivity contribution in [2.45, 2.75) is 3.91 Å². The van der Waals surface area contributed by atoms with E-state index < -0.39 is 0 Å². The van der Waals surface area contributed by atoms with Gasteiger partial charge in [-0.2, -0.15) is 0 Å². The summed E-state index contributed by atoms with van der Waals surface area (Å²) in [5, 5.41) is 3.73. The standard InChI is InChI=1S/C6H10S4/c1-4-8-6(9-5-2)10-7-3/h4-6H,1-2H2,3H3. The largest absolute Gasteiger partial charge is 0.114 e. The Balaban J connectivity index is 3.48. The molecule has 0 aliphatic carbocycles. The summed E-state index contributed by atoms with van der Waals surface area (Å²) in [4.78, 5) is 0. The molecule has 0 saturated carbocycles. The van der Waals surface area contributed by atoms with E-state index in [1.165, 1.54) is 0 Å². The van der Waals surface area contributed by atoms with Crippen molar-refractivity contribution in [1.29, 1.82) is 0 Å². The first-order chi connectivity index (χ1) is 4.85. The van der Waals surface area contributed by atoms with Crippen LogP contribution in [-0.2, 0) is 0 Å². The van der Waals surface area contributed by atoms with E-state index in [4.69, 9.17) is 0 Å². The second-order valence-electron chi connectivity index (χ2n) is 1.16. The summed E-state index contributed by atoms with van der Waals surface area (Å²) in [5.74, 6) is 0. The van der Waals surface area contributed by atoms with Crippen molar-refractivity contribution in [3.8, 4) is 0 Å². The van der Waals surface area contributed by atoms with Crippen LogP contribution >= 0.6 is 45.1 Å². The Bertz CT molecular complexity index is 91.9. The Labute approximate surface area is 79.1 Å². The molecule has 0 N–H and O–H groups in total. The van der Waals surface area contributed by atoms with Crippen molar-refractivity contribution in [2.75, 3.05) is 6.26 Å². The minimum Gasteiger partial charge on any atom is -0.108 e. The molecule has 0 rings (SSSR count). The van der Waals surface area contributed by atoms with E-state index in [2.05, 4.69) is 19.4 Å². The maximum atomic E-state index is 3.66. The third kappa shape index (κ3) is 5.65. The van der Waals surface area contributed by atoms with Crippen molar-refractivity contribution < 1.29 is 0 Å². The molecule has 0 unspecified atom stereocenters. The van der Waals surface area contributed by atoms with Crippen molar-refractivity contribution in [2.24, 2.45) is 0 Å². The molecule has 0 atom stereocenters. The van der Waals surface area contributed by atoms with E-state index in [-0.39, 0.29) is 0 Å². The predicted molar refractivity (Wildman–Crippen MR) is 60.5 cm³/mol. The summed E-state index contributed by atoms with van der Waals surface area (Å²) in [5.41, 5.74) is 0. The Morgan fingerprint density at radius 1 is 1.20 bits per heavy atom. The van der Waals surface area contributed by atoms with Crippen LogP contribution in [0.1, 0.15) is 0 Å². The summed E-state index contributed by atoms with van der Waals surface area (Å²) in [7, 11) is 3.59. The molecule has 0 aromatic heterocycles. The highest BCUT2D eigenvalue weighted by molar-refractivity contribution is 8.80. The van der Waals surface area contributed by atoms with Crippen LogP contribution in [0.2, 0.25) is 0 Å². The van der Waals surface area contributed by atoms with Crippen molar-refractivity contribution in [3.05, 3.63) is 24.0 Å². The highest BCUT2D eigenvalue weighted by atomic mass is 33.1. The minimum absolute atomic E-state index is 0.505. The summed E-state index contributed by atoms with van der Waals surface area (Å²) in [6.07, 6.45) is 2.07. The Morgan fingerprint density at radius 2 is 1.70 bits per heavy atom. The zero-order chi connectivity index (χ0) is 7.82. The van der Waals surface area contributed by atoms with E-state index in [0.29, 0.717) is 3.91 Å². The summed E-state index contributed by atoms with van der Waals surface area (Å²) < 4.78 is 0.505. The molecule has 10 heavy (non-hydrogen) atoms. The zero-order valence-corrected chi connectivity index (χ0v) is 9.05. The van der Waals surface area contributed by atoms with Crippen molar-refractivity contribution in [1.82, 2.24) is 0 Å². The van der Waals surface area contributed by atoms with Gasteiger partial charge < -0.3 is 0 Å². The molecule has 0 spiro atoms. The quantitative estimate of drug-likeness (QED) is 0.479. The third-order valence-corrected chi connectivity index (χ3v) is 5.56. The van der Waals surface area contributed by atoms with E-state index in [1.54, 1.807) is 34.3 Å². The molecule has 0 nitrogen and oxygen atoms in total. The molecule has 58 valence electrons. The smallest absolute Gasteiger partial charge is 0.108 e.